The van der Waals surface area contributed by atoms with E-state index in [-0.39, 0.29) is 5.41 Å². The van der Waals surface area contributed by atoms with Crippen LogP contribution in [-0.4, -0.2) is 27.2 Å². The minimum atomic E-state index is 0.153. The highest BCUT2D eigenvalue weighted by molar-refractivity contribution is 5.56. The molecule has 1 saturated carbocycles. The lowest BCUT2D eigenvalue weighted by Crippen LogP contribution is -2.31. The molecule has 0 unspecified atom stereocenters. The van der Waals surface area contributed by atoms with Gasteiger partial charge in [0.05, 0.1) is 0 Å². The molecule has 1 fully saturated rings. The largest absolute Gasteiger partial charge is 0.330 e. The number of aromatic amines is 1. The fourth-order valence-corrected chi connectivity index (χ4v) is 2.93. The summed E-state index contributed by atoms with van der Waals surface area (Å²) in [5.41, 5.74) is 8.48. The molecule has 0 bridgehead atoms. The second-order valence-corrected chi connectivity index (χ2v) is 5.01. The maximum absolute atomic E-state index is 6.02. The third-order valence-electron chi connectivity index (χ3n) is 4.03. The second-order valence-electron chi connectivity index (χ2n) is 5.01. The summed E-state index contributed by atoms with van der Waals surface area (Å²) in [7, 11) is 0. The van der Waals surface area contributed by atoms with E-state index in [1.165, 1.54) is 31.2 Å². The zero-order valence-electron chi connectivity index (χ0n) is 10.3. The molecule has 18 heavy (non-hydrogen) atoms. The molecular formula is C13H17N5. The number of benzene rings is 1. The number of nitrogens with one attached hydrogen (secondary N) is 1. The highest BCUT2D eigenvalue weighted by atomic mass is 15.5. The number of hydrogen-bond donors (Lipinski definition) is 2. The first-order valence-corrected chi connectivity index (χ1v) is 6.38. The minimum absolute atomic E-state index is 0.153. The first-order chi connectivity index (χ1) is 8.84. The van der Waals surface area contributed by atoms with Crippen LogP contribution < -0.4 is 5.73 Å². The maximum Gasteiger partial charge on any atom is 0.204 e. The molecule has 94 valence electrons. The fourth-order valence-electron chi connectivity index (χ4n) is 2.93. The molecule has 2 aromatic rings. The molecule has 0 spiro atoms. The van der Waals surface area contributed by atoms with Crippen molar-refractivity contribution in [3.05, 3.63) is 29.8 Å². The van der Waals surface area contributed by atoms with Gasteiger partial charge < -0.3 is 5.73 Å². The van der Waals surface area contributed by atoms with Crippen LogP contribution in [0.1, 0.15) is 31.2 Å². The zero-order chi connectivity index (χ0) is 12.4. The van der Waals surface area contributed by atoms with E-state index in [0.29, 0.717) is 12.4 Å². The third-order valence-corrected chi connectivity index (χ3v) is 4.03. The number of hydrogen-bond acceptors (Lipinski definition) is 4. The van der Waals surface area contributed by atoms with Crippen LogP contribution in [0.15, 0.2) is 24.3 Å². The van der Waals surface area contributed by atoms with Crippen LogP contribution in [0.4, 0.5) is 0 Å². The SMILES string of the molecule is NCC1(c2cccc(-c3nn[nH]n3)c2)CCCC1. The lowest BCUT2D eigenvalue weighted by atomic mass is 9.78. The van der Waals surface area contributed by atoms with Gasteiger partial charge in [-0.3, -0.25) is 0 Å². The van der Waals surface area contributed by atoms with Gasteiger partial charge in [-0.1, -0.05) is 31.0 Å². The molecule has 3 N–H and O–H groups in total. The molecule has 3 rings (SSSR count). The minimum Gasteiger partial charge on any atom is -0.330 e. The van der Waals surface area contributed by atoms with Gasteiger partial charge in [0.15, 0.2) is 0 Å². The Morgan fingerprint density at radius 1 is 1.28 bits per heavy atom. The van der Waals surface area contributed by atoms with Gasteiger partial charge in [0.1, 0.15) is 0 Å². The molecule has 1 aliphatic carbocycles. The summed E-state index contributed by atoms with van der Waals surface area (Å²) in [4.78, 5) is 0. The van der Waals surface area contributed by atoms with Crippen molar-refractivity contribution in [2.75, 3.05) is 6.54 Å². The number of tetrazole rings is 1. The quantitative estimate of drug-likeness (QED) is 0.858. The molecule has 0 amide bonds. The Bertz CT molecular complexity index is 514. The lowest BCUT2D eigenvalue weighted by molar-refractivity contribution is 0.453. The molecule has 0 saturated heterocycles. The van der Waals surface area contributed by atoms with Gasteiger partial charge in [-0.25, -0.2) is 0 Å². The van der Waals surface area contributed by atoms with E-state index in [0.717, 1.165) is 5.56 Å². The van der Waals surface area contributed by atoms with Crippen molar-refractivity contribution in [2.45, 2.75) is 31.1 Å². The van der Waals surface area contributed by atoms with Gasteiger partial charge in [-0.2, -0.15) is 5.21 Å². The van der Waals surface area contributed by atoms with E-state index < -0.39 is 0 Å². The molecule has 5 nitrogen and oxygen atoms in total. The van der Waals surface area contributed by atoms with Crippen LogP contribution in [0.5, 0.6) is 0 Å². The van der Waals surface area contributed by atoms with Crippen LogP contribution in [-0.2, 0) is 5.41 Å². The molecule has 1 heterocycles. The van der Waals surface area contributed by atoms with Crippen molar-refractivity contribution in [2.24, 2.45) is 5.73 Å². The van der Waals surface area contributed by atoms with E-state index in [1.807, 2.05) is 6.07 Å². The van der Waals surface area contributed by atoms with E-state index in [1.54, 1.807) is 0 Å². The molecule has 0 radical (unpaired) electrons. The van der Waals surface area contributed by atoms with Crippen LogP contribution in [0, 0.1) is 0 Å². The van der Waals surface area contributed by atoms with E-state index in [2.05, 4.69) is 38.8 Å². The summed E-state index contributed by atoms with van der Waals surface area (Å²) in [5, 5.41) is 14.1. The topological polar surface area (TPSA) is 80.5 Å². The summed E-state index contributed by atoms with van der Waals surface area (Å²) in [6, 6.07) is 8.38. The first kappa shape index (κ1) is 11.3. The van der Waals surface area contributed by atoms with Gasteiger partial charge in [0, 0.05) is 17.5 Å². The highest BCUT2D eigenvalue weighted by Gasteiger charge is 2.34. The number of nitrogens with zero attached hydrogens (tertiary/aromatic N) is 3. The Labute approximate surface area is 106 Å². The van der Waals surface area contributed by atoms with E-state index >= 15 is 0 Å². The third kappa shape index (κ3) is 1.80. The number of aromatic nitrogens is 4. The van der Waals surface area contributed by atoms with Crippen molar-refractivity contribution >= 4 is 0 Å². The van der Waals surface area contributed by atoms with Crippen molar-refractivity contribution in [3.8, 4) is 11.4 Å². The van der Waals surface area contributed by atoms with Crippen LogP contribution in [0.25, 0.3) is 11.4 Å². The Hall–Kier alpha value is -1.75. The van der Waals surface area contributed by atoms with Crippen LogP contribution in [0.2, 0.25) is 0 Å². The molecule has 0 aliphatic heterocycles. The monoisotopic (exact) mass is 243 g/mol. The average Bonchev–Trinajstić information content (AvgIpc) is 3.11. The maximum atomic E-state index is 6.02. The molecule has 5 heteroatoms. The second kappa shape index (κ2) is 4.49. The molecule has 1 aromatic heterocycles. The summed E-state index contributed by atoms with van der Waals surface area (Å²) in [5.74, 6) is 0.641. The van der Waals surface area contributed by atoms with Crippen molar-refractivity contribution < 1.29 is 0 Å². The molecular weight excluding hydrogens is 226 g/mol. The van der Waals surface area contributed by atoms with Gasteiger partial charge >= 0.3 is 0 Å². The number of H-pyrrole nitrogens is 1. The predicted molar refractivity (Wildman–Crippen MR) is 68.8 cm³/mol. The Balaban J connectivity index is 2.00. The van der Waals surface area contributed by atoms with Gasteiger partial charge in [-0.05, 0) is 29.7 Å². The summed E-state index contributed by atoms with van der Waals surface area (Å²) >= 11 is 0. The Morgan fingerprint density at radius 2 is 2.11 bits per heavy atom. The van der Waals surface area contributed by atoms with E-state index in [4.69, 9.17) is 5.73 Å². The summed E-state index contributed by atoms with van der Waals surface area (Å²) in [6.07, 6.45) is 4.89. The van der Waals surface area contributed by atoms with Crippen molar-refractivity contribution in [3.63, 3.8) is 0 Å². The Morgan fingerprint density at radius 3 is 2.78 bits per heavy atom. The predicted octanol–water partition coefficient (Wildman–Crippen LogP) is 1.64. The Kier molecular flexibility index (Phi) is 2.83. The molecule has 0 atom stereocenters. The normalized spacial score (nSPS) is 18.1. The fraction of sp³-hybridized carbons (Fsp3) is 0.462. The zero-order valence-corrected chi connectivity index (χ0v) is 10.3. The smallest absolute Gasteiger partial charge is 0.204 e. The van der Waals surface area contributed by atoms with Gasteiger partial charge in [0.2, 0.25) is 5.82 Å². The highest BCUT2D eigenvalue weighted by Crippen LogP contribution is 2.40. The van der Waals surface area contributed by atoms with Crippen molar-refractivity contribution in [1.29, 1.82) is 0 Å². The summed E-state index contributed by atoms with van der Waals surface area (Å²) in [6.45, 7) is 0.711. The number of rotatable bonds is 3. The molecule has 1 aliphatic rings. The molecule has 1 aromatic carbocycles. The first-order valence-electron chi connectivity index (χ1n) is 6.38. The summed E-state index contributed by atoms with van der Waals surface area (Å²) < 4.78 is 0. The van der Waals surface area contributed by atoms with Crippen LogP contribution in [0.3, 0.4) is 0 Å². The van der Waals surface area contributed by atoms with Crippen molar-refractivity contribution in [1.82, 2.24) is 20.6 Å². The van der Waals surface area contributed by atoms with Crippen LogP contribution >= 0.6 is 0 Å². The standard InChI is InChI=1S/C13H17N5/c14-9-13(6-1-2-7-13)11-5-3-4-10(8-11)12-15-17-18-16-12/h3-5,8H,1-2,6-7,9,14H2,(H,15,16,17,18). The van der Waals surface area contributed by atoms with Gasteiger partial charge in [0.25, 0.3) is 0 Å². The van der Waals surface area contributed by atoms with Gasteiger partial charge in [-0.15, -0.1) is 10.2 Å². The number of nitrogens with two attached hydrogens (primary N) is 1. The van der Waals surface area contributed by atoms with E-state index in [9.17, 15) is 0 Å². The average molecular weight is 243 g/mol. The lowest BCUT2D eigenvalue weighted by Gasteiger charge is -2.28.